The second kappa shape index (κ2) is 7.05. The van der Waals surface area contributed by atoms with Gasteiger partial charge in [0.05, 0.1) is 10.9 Å². The highest BCUT2D eigenvalue weighted by molar-refractivity contribution is 9.10. The monoisotopic (exact) mass is 370 g/mol. The molecule has 0 saturated carbocycles. The van der Waals surface area contributed by atoms with E-state index >= 15 is 0 Å². The van der Waals surface area contributed by atoms with E-state index in [2.05, 4.69) is 15.9 Å². The fourth-order valence-electron chi connectivity index (χ4n) is 2.15. The zero-order chi connectivity index (χ0) is 15.4. The van der Waals surface area contributed by atoms with Gasteiger partial charge in [0.2, 0.25) is 0 Å². The first-order valence-electron chi connectivity index (χ1n) is 6.38. The van der Waals surface area contributed by atoms with Crippen LogP contribution in [0.3, 0.4) is 0 Å². The van der Waals surface area contributed by atoms with Gasteiger partial charge < -0.3 is 5.11 Å². The van der Waals surface area contributed by atoms with Gasteiger partial charge in [-0.2, -0.15) is 0 Å². The van der Waals surface area contributed by atoms with Gasteiger partial charge in [-0.05, 0) is 36.1 Å². The van der Waals surface area contributed by atoms with Crippen LogP contribution in [-0.4, -0.2) is 11.1 Å². The molecule has 0 heterocycles. The SMILES string of the molecule is O=C(O)C(Cc1ccccc1Br)Cc1cccc(Cl)c1F. The smallest absolute Gasteiger partial charge is 0.307 e. The average molecular weight is 372 g/mol. The van der Waals surface area contributed by atoms with Crippen LogP contribution in [0.1, 0.15) is 11.1 Å². The van der Waals surface area contributed by atoms with Crippen LogP contribution >= 0.6 is 27.5 Å². The lowest BCUT2D eigenvalue weighted by Crippen LogP contribution is -2.20. The number of halogens is 3. The lowest BCUT2D eigenvalue weighted by molar-refractivity contribution is -0.141. The lowest BCUT2D eigenvalue weighted by atomic mass is 9.92. The molecule has 0 aliphatic rings. The van der Waals surface area contributed by atoms with Crippen molar-refractivity contribution in [2.24, 2.45) is 5.92 Å². The van der Waals surface area contributed by atoms with E-state index in [1.165, 1.54) is 6.07 Å². The van der Waals surface area contributed by atoms with Crippen molar-refractivity contribution < 1.29 is 14.3 Å². The van der Waals surface area contributed by atoms with Crippen molar-refractivity contribution in [3.05, 3.63) is 68.9 Å². The summed E-state index contributed by atoms with van der Waals surface area (Å²) in [7, 11) is 0. The predicted molar refractivity (Wildman–Crippen MR) is 84.1 cm³/mol. The quantitative estimate of drug-likeness (QED) is 0.825. The highest BCUT2D eigenvalue weighted by Gasteiger charge is 2.21. The van der Waals surface area contributed by atoms with Gasteiger partial charge in [0.25, 0.3) is 0 Å². The maximum absolute atomic E-state index is 13.9. The Balaban J connectivity index is 2.22. The van der Waals surface area contributed by atoms with Crippen LogP contribution in [0.25, 0.3) is 0 Å². The Morgan fingerprint density at radius 3 is 2.43 bits per heavy atom. The van der Waals surface area contributed by atoms with E-state index in [1.807, 2.05) is 24.3 Å². The minimum Gasteiger partial charge on any atom is -0.481 e. The Kier molecular flexibility index (Phi) is 5.37. The molecule has 0 spiro atoms. The van der Waals surface area contributed by atoms with Gasteiger partial charge in [-0.3, -0.25) is 4.79 Å². The van der Waals surface area contributed by atoms with Crippen molar-refractivity contribution in [3.8, 4) is 0 Å². The second-order valence-corrected chi connectivity index (χ2v) is 6.01. The topological polar surface area (TPSA) is 37.3 Å². The van der Waals surface area contributed by atoms with Crippen molar-refractivity contribution >= 4 is 33.5 Å². The summed E-state index contributed by atoms with van der Waals surface area (Å²) in [5, 5.41) is 9.39. The number of hydrogen-bond donors (Lipinski definition) is 1. The maximum Gasteiger partial charge on any atom is 0.307 e. The predicted octanol–water partition coefficient (Wildman–Crippen LogP) is 4.73. The number of benzene rings is 2. The van der Waals surface area contributed by atoms with Crippen LogP contribution in [-0.2, 0) is 17.6 Å². The van der Waals surface area contributed by atoms with E-state index < -0.39 is 17.7 Å². The molecule has 2 aromatic carbocycles. The molecule has 2 nitrogen and oxygen atoms in total. The molecule has 1 atom stereocenters. The van der Waals surface area contributed by atoms with E-state index in [4.69, 9.17) is 11.6 Å². The van der Waals surface area contributed by atoms with Gasteiger partial charge in [-0.25, -0.2) is 4.39 Å². The molecular formula is C16H13BrClFO2. The molecule has 2 aromatic rings. The summed E-state index contributed by atoms with van der Waals surface area (Å²) < 4.78 is 14.8. The van der Waals surface area contributed by atoms with E-state index in [1.54, 1.807) is 12.1 Å². The van der Waals surface area contributed by atoms with Crippen LogP contribution in [0, 0.1) is 11.7 Å². The van der Waals surface area contributed by atoms with Crippen LogP contribution < -0.4 is 0 Å². The van der Waals surface area contributed by atoms with Crippen LogP contribution in [0.2, 0.25) is 5.02 Å². The summed E-state index contributed by atoms with van der Waals surface area (Å²) in [5.41, 5.74) is 1.20. The summed E-state index contributed by atoms with van der Waals surface area (Å²) in [6.45, 7) is 0. The zero-order valence-electron chi connectivity index (χ0n) is 11.0. The summed E-state index contributed by atoms with van der Waals surface area (Å²) in [5.74, 6) is -2.21. The fourth-order valence-corrected chi connectivity index (χ4v) is 2.79. The van der Waals surface area contributed by atoms with Gasteiger partial charge in [-0.15, -0.1) is 0 Å². The Hall–Kier alpha value is -1.39. The molecule has 0 aromatic heterocycles. The summed E-state index contributed by atoms with van der Waals surface area (Å²) in [6.07, 6.45) is 0.422. The molecule has 0 radical (unpaired) electrons. The van der Waals surface area contributed by atoms with Gasteiger partial charge in [0, 0.05) is 4.47 Å². The van der Waals surface area contributed by atoms with Gasteiger partial charge in [0.15, 0.2) is 0 Å². The van der Waals surface area contributed by atoms with E-state index in [0.29, 0.717) is 12.0 Å². The largest absolute Gasteiger partial charge is 0.481 e. The van der Waals surface area contributed by atoms with Crippen LogP contribution in [0.5, 0.6) is 0 Å². The van der Waals surface area contributed by atoms with E-state index in [0.717, 1.165) is 10.0 Å². The molecule has 0 fully saturated rings. The molecule has 1 N–H and O–H groups in total. The number of hydrogen-bond acceptors (Lipinski definition) is 1. The highest BCUT2D eigenvalue weighted by Crippen LogP contribution is 2.25. The molecule has 1 unspecified atom stereocenters. The normalized spacial score (nSPS) is 12.1. The first kappa shape index (κ1) is 16.0. The minimum absolute atomic E-state index is 0.0116. The van der Waals surface area contributed by atoms with Crippen molar-refractivity contribution in [2.75, 3.05) is 0 Å². The summed E-state index contributed by atoms with van der Waals surface area (Å²) in [6, 6.07) is 12.1. The van der Waals surface area contributed by atoms with Gasteiger partial charge in [-0.1, -0.05) is 57.9 Å². The number of aliphatic carboxylic acids is 1. The highest BCUT2D eigenvalue weighted by atomic mass is 79.9. The fraction of sp³-hybridized carbons (Fsp3) is 0.188. The molecule has 5 heteroatoms. The molecule has 21 heavy (non-hydrogen) atoms. The number of carboxylic acids is 1. The first-order chi connectivity index (χ1) is 9.99. The summed E-state index contributed by atoms with van der Waals surface area (Å²) >= 11 is 9.13. The second-order valence-electron chi connectivity index (χ2n) is 4.75. The van der Waals surface area contributed by atoms with E-state index in [9.17, 15) is 14.3 Å². The molecule has 0 aliphatic carbocycles. The van der Waals surface area contributed by atoms with Crippen LogP contribution in [0.15, 0.2) is 46.9 Å². The average Bonchev–Trinajstić information content (AvgIpc) is 2.45. The summed E-state index contributed by atoms with van der Waals surface area (Å²) in [4.78, 5) is 11.4. The van der Waals surface area contributed by atoms with Crippen molar-refractivity contribution in [1.82, 2.24) is 0 Å². The van der Waals surface area contributed by atoms with Crippen molar-refractivity contribution in [3.63, 3.8) is 0 Å². The molecule has 0 aliphatic heterocycles. The van der Waals surface area contributed by atoms with Gasteiger partial charge >= 0.3 is 5.97 Å². The molecule has 2 rings (SSSR count). The Morgan fingerprint density at radius 1 is 1.14 bits per heavy atom. The molecule has 0 bridgehead atoms. The number of carbonyl (C=O) groups is 1. The first-order valence-corrected chi connectivity index (χ1v) is 7.55. The number of rotatable bonds is 5. The standard InChI is InChI=1S/C16H13BrClFO2/c17-13-6-2-1-4-10(13)8-12(16(20)21)9-11-5-3-7-14(18)15(11)19/h1-7,12H,8-9H2,(H,20,21). The lowest BCUT2D eigenvalue weighted by Gasteiger charge is -2.14. The molecule has 0 amide bonds. The van der Waals surface area contributed by atoms with Crippen molar-refractivity contribution in [1.29, 1.82) is 0 Å². The van der Waals surface area contributed by atoms with Crippen molar-refractivity contribution in [2.45, 2.75) is 12.8 Å². The maximum atomic E-state index is 13.9. The van der Waals surface area contributed by atoms with Gasteiger partial charge in [0.1, 0.15) is 5.82 Å². The third-order valence-corrected chi connectivity index (χ3v) is 4.34. The Morgan fingerprint density at radius 2 is 1.76 bits per heavy atom. The minimum atomic E-state index is -0.954. The zero-order valence-corrected chi connectivity index (χ0v) is 13.4. The van der Waals surface area contributed by atoms with E-state index in [-0.39, 0.29) is 11.4 Å². The third-order valence-electron chi connectivity index (χ3n) is 3.27. The molecular weight excluding hydrogens is 359 g/mol. The molecule has 0 saturated heterocycles. The third kappa shape index (κ3) is 4.05. The van der Waals surface area contributed by atoms with Crippen LogP contribution in [0.4, 0.5) is 4.39 Å². The number of carboxylic acid groups (broad SMARTS) is 1. The molecule has 110 valence electrons. The Bertz CT molecular complexity index is 660. The Labute approximate surface area is 135 Å².